The molecule has 21 heavy (non-hydrogen) atoms. The van der Waals surface area contributed by atoms with E-state index in [4.69, 9.17) is 9.47 Å². The Bertz CT molecular complexity index is 717. The molecule has 1 aliphatic heterocycles. The molecule has 0 spiro atoms. The van der Waals surface area contributed by atoms with Crippen molar-refractivity contribution in [3.63, 3.8) is 0 Å². The normalized spacial score (nSPS) is 31.7. The third kappa shape index (κ3) is 1.43. The summed E-state index contributed by atoms with van der Waals surface area (Å²) in [5, 5.41) is 0. The van der Waals surface area contributed by atoms with Crippen LogP contribution in [0.15, 0.2) is 30.4 Å². The summed E-state index contributed by atoms with van der Waals surface area (Å²) < 4.78 is 9.64. The minimum atomic E-state index is -0.522. The zero-order chi connectivity index (χ0) is 14.7. The average molecular weight is 284 g/mol. The number of benzene rings is 1. The van der Waals surface area contributed by atoms with Crippen molar-refractivity contribution in [1.29, 1.82) is 0 Å². The standard InChI is InChI=1S/C16H12O5/c1-20-14(17)10-4-2-3-7-8-5-6-9(11(7)10)13-12(8)15(18)21-16(13)19/h2-6,8-9,12-13H,1H3/t8-,9-,12+,13+/m1/s1. The van der Waals surface area contributed by atoms with Gasteiger partial charge in [0.15, 0.2) is 0 Å². The van der Waals surface area contributed by atoms with E-state index in [9.17, 15) is 14.4 Å². The van der Waals surface area contributed by atoms with Gasteiger partial charge in [0, 0.05) is 11.8 Å². The Morgan fingerprint density at radius 1 is 1.10 bits per heavy atom. The number of hydrogen-bond acceptors (Lipinski definition) is 5. The third-order valence-electron chi connectivity index (χ3n) is 4.67. The summed E-state index contributed by atoms with van der Waals surface area (Å²) in [5.41, 5.74) is 2.17. The first-order chi connectivity index (χ1) is 10.1. The van der Waals surface area contributed by atoms with Crippen LogP contribution in [0.25, 0.3) is 0 Å². The second-order valence-electron chi connectivity index (χ2n) is 5.53. The van der Waals surface area contributed by atoms with Crippen molar-refractivity contribution >= 4 is 17.9 Å². The lowest BCUT2D eigenvalue weighted by atomic mass is 9.60. The van der Waals surface area contributed by atoms with E-state index in [1.54, 1.807) is 12.1 Å². The van der Waals surface area contributed by atoms with E-state index in [0.29, 0.717) is 5.56 Å². The summed E-state index contributed by atoms with van der Waals surface area (Å²) in [6, 6.07) is 5.36. The number of cyclic esters (lactones) is 2. The van der Waals surface area contributed by atoms with E-state index >= 15 is 0 Å². The van der Waals surface area contributed by atoms with E-state index in [1.165, 1.54) is 7.11 Å². The van der Waals surface area contributed by atoms with Crippen molar-refractivity contribution in [3.8, 4) is 0 Å². The van der Waals surface area contributed by atoms with Crippen molar-refractivity contribution < 1.29 is 23.9 Å². The smallest absolute Gasteiger partial charge is 0.338 e. The molecule has 0 amide bonds. The molecule has 2 bridgehead atoms. The minimum Gasteiger partial charge on any atom is -0.465 e. The highest BCUT2D eigenvalue weighted by atomic mass is 16.6. The van der Waals surface area contributed by atoms with Crippen LogP contribution in [-0.4, -0.2) is 25.0 Å². The van der Waals surface area contributed by atoms with Gasteiger partial charge in [-0.05, 0) is 17.2 Å². The van der Waals surface area contributed by atoms with Gasteiger partial charge in [-0.1, -0.05) is 24.3 Å². The lowest BCUT2D eigenvalue weighted by Crippen LogP contribution is -2.38. The first-order valence-electron chi connectivity index (χ1n) is 6.78. The highest BCUT2D eigenvalue weighted by molar-refractivity contribution is 6.00. The summed E-state index contributed by atoms with van der Waals surface area (Å²) in [7, 11) is 1.33. The van der Waals surface area contributed by atoms with Gasteiger partial charge in [-0.15, -0.1) is 0 Å². The zero-order valence-corrected chi connectivity index (χ0v) is 11.2. The van der Waals surface area contributed by atoms with Gasteiger partial charge in [0.1, 0.15) is 0 Å². The molecular formula is C16H12O5. The predicted octanol–water partition coefficient (Wildman–Crippen LogP) is 1.54. The van der Waals surface area contributed by atoms with Gasteiger partial charge in [0.05, 0.1) is 24.5 Å². The van der Waals surface area contributed by atoms with Gasteiger partial charge in [-0.25, -0.2) is 4.79 Å². The largest absolute Gasteiger partial charge is 0.465 e. The molecule has 5 rings (SSSR count). The average Bonchev–Trinajstić information content (AvgIpc) is 2.83. The number of carbonyl (C=O) groups excluding carboxylic acids is 3. The molecule has 0 saturated carbocycles. The zero-order valence-electron chi connectivity index (χ0n) is 11.2. The third-order valence-corrected chi connectivity index (χ3v) is 4.67. The summed E-state index contributed by atoms with van der Waals surface area (Å²) >= 11 is 0. The van der Waals surface area contributed by atoms with Gasteiger partial charge >= 0.3 is 17.9 Å². The minimum absolute atomic E-state index is 0.210. The lowest BCUT2D eigenvalue weighted by Gasteiger charge is -2.40. The highest BCUT2D eigenvalue weighted by Gasteiger charge is 2.57. The Kier molecular flexibility index (Phi) is 2.37. The van der Waals surface area contributed by atoms with Gasteiger partial charge in [0.2, 0.25) is 0 Å². The van der Waals surface area contributed by atoms with E-state index in [2.05, 4.69) is 0 Å². The van der Waals surface area contributed by atoms with E-state index < -0.39 is 29.7 Å². The van der Waals surface area contributed by atoms with Crippen LogP contribution in [0.4, 0.5) is 0 Å². The van der Waals surface area contributed by atoms with Gasteiger partial charge in [-0.2, -0.15) is 0 Å². The first kappa shape index (κ1) is 12.3. The molecule has 0 radical (unpaired) electrons. The SMILES string of the molecule is COC(=O)c1cccc2c1[C@H]1C=C[C@H]2[C@@H]2C(=O)OC(=O)[C@H]21. The predicted molar refractivity (Wildman–Crippen MR) is 70.5 cm³/mol. The number of rotatable bonds is 1. The maximum absolute atomic E-state index is 12.0. The Balaban J connectivity index is 1.95. The topological polar surface area (TPSA) is 69.7 Å². The monoisotopic (exact) mass is 284 g/mol. The molecule has 3 aliphatic carbocycles. The van der Waals surface area contributed by atoms with Crippen molar-refractivity contribution in [2.75, 3.05) is 7.11 Å². The number of allylic oxidation sites excluding steroid dienone is 2. The van der Waals surface area contributed by atoms with Crippen LogP contribution in [0.5, 0.6) is 0 Å². The van der Waals surface area contributed by atoms with Gasteiger partial charge < -0.3 is 9.47 Å². The maximum atomic E-state index is 12.0. The van der Waals surface area contributed by atoms with E-state index in [0.717, 1.165) is 11.1 Å². The fraction of sp³-hybridized carbons (Fsp3) is 0.312. The molecular weight excluding hydrogens is 272 g/mol. The van der Waals surface area contributed by atoms with Crippen molar-refractivity contribution in [2.24, 2.45) is 11.8 Å². The summed E-state index contributed by atoms with van der Waals surface area (Å²) in [5.74, 6) is -2.88. The van der Waals surface area contributed by atoms with Crippen LogP contribution in [0.1, 0.15) is 33.3 Å². The van der Waals surface area contributed by atoms with Gasteiger partial charge in [-0.3, -0.25) is 9.59 Å². The molecule has 1 heterocycles. The van der Waals surface area contributed by atoms with E-state index in [-0.39, 0.29) is 11.8 Å². The summed E-state index contributed by atoms with van der Waals surface area (Å²) in [6.45, 7) is 0. The number of carbonyl (C=O) groups is 3. The van der Waals surface area contributed by atoms with E-state index in [1.807, 2.05) is 18.2 Å². The first-order valence-corrected chi connectivity index (χ1v) is 6.78. The molecule has 5 heteroatoms. The molecule has 0 unspecified atom stereocenters. The number of esters is 3. The molecule has 106 valence electrons. The highest BCUT2D eigenvalue weighted by Crippen LogP contribution is 2.55. The Morgan fingerprint density at radius 3 is 2.48 bits per heavy atom. The fourth-order valence-electron chi connectivity index (χ4n) is 3.85. The second kappa shape index (κ2) is 4.04. The van der Waals surface area contributed by atoms with Crippen LogP contribution in [0.2, 0.25) is 0 Å². The van der Waals surface area contributed by atoms with Crippen LogP contribution in [0, 0.1) is 11.8 Å². The maximum Gasteiger partial charge on any atom is 0.338 e. The molecule has 0 N–H and O–H groups in total. The quantitative estimate of drug-likeness (QED) is 0.444. The molecule has 0 aromatic heterocycles. The van der Waals surface area contributed by atoms with Crippen molar-refractivity contribution in [2.45, 2.75) is 11.8 Å². The summed E-state index contributed by atoms with van der Waals surface area (Å²) in [6.07, 6.45) is 3.84. The lowest BCUT2D eigenvalue weighted by molar-refractivity contribution is -0.153. The summed E-state index contributed by atoms with van der Waals surface area (Å²) in [4.78, 5) is 35.9. The van der Waals surface area contributed by atoms with Gasteiger partial charge in [0.25, 0.3) is 0 Å². The molecule has 1 aromatic carbocycles. The molecule has 4 aliphatic rings. The molecule has 1 aromatic rings. The van der Waals surface area contributed by atoms with Crippen molar-refractivity contribution in [3.05, 3.63) is 47.0 Å². The van der Waals surface area contributed by atoms with Crippen LogP contribution in [0.3, 0.4) is 0 Å². The Morgan fingerprint density at radius 2 is 1.76 bits per heavy atom. The molecule has 4 atom stereocenters. The molecule has 1 saturated heterocycles. The van der Waals surface area contributed by atoms with Crippen LogP contribution in [-0.2, 0) is 19.1 Å². The number of hydrogen-bond donors (Lipinski definition) is 0. The number of ether oxygens (including phenoxy) is 2. The Hall–Kier alpha value is -2.43. The molecule has 1 fully saturated rings. The fourth-order valence-corrected chi connectivity index (χ4v) is 3.85. The molecule has 5 nitrogen and oxygen atoms in total. The van der Waals surface area contributed by atoms with Crippen LogP contribution < -0.4 is 0 Å². The Labute approximate surface area is 120 Å². The van der Waals surface area contributed by atoms with Crippen LogP contribution >= 0.6 is 0 Å². The number of methoxy groups -OCH3 is 1. The second-order valence-corrected chi connectivity index (χ2v) is 5.53. The van der Waals surface area contributed by atoms with Crippen molar-refractivity contribution in [1.82, 2.24) is 0 Å².